The first kappa shape index (κ1) is 51.9. The molecule has 0 aliphatic carbocycles. The molecule has 366 valence electrons. The highest BCUT2D eigenvalue weighted by molar-refractivity contribution is 6.07. The molecule has 4 amide bonds. The molecule has 0 radical (unpaired) electrons. The highest BCUT2D eigenvalue weighted by Gasteiger charge is 2.47. The van der Waals surface area contributed by atoms with E-state index in [-0.39, 0.29) is 69.1 Å². The van der Waals surface area contributed by atoms with Crippen molar-refractivity contribution >= 4 is 52.4 Å². The van der Waals surface area contributed by atoms with Crippen LogP contribution in [-0.4, -0.2) is 209 Å². The number of fused-ring (bicyclic) bond motifs is 1. The molecule has 0 saturated carbocycles. The first-order chi connectivity index (χ1) is 31.8. The Bertz CT molecular complexity index is 2130. The zero-order valence-corrected chi connectivity index (χ0v) is 37.6. The molecule has 1 aromatic heterocycles. The van der Waals surface area contributed by atoms with Gasteiger partial charge in [0.05, 0.1) is 63.0 Å². The summed E-state index contributed by atoms with van der Waals surface area (Å²) in [6, 6.07) is 6.77. The lowest BCUT2D eigenvalue weighted by atomic mass is 9.88. The number of carbonyl (C=O) groups excluding carboxylic acids is 4. The molecule has 0 spiro atoms. The summed E-state index contributed by atoms with van der Waals surface area (Å²) in [6.07, 6.45) is 4.17. The maximum Gasteiger partial charge on any atom is 0.317 e. The summed E-state index contributed by atoms with van der Waals surface area (Å²) < 4.78 is 33.5. The van der Waals surface area contributed by atoms with Crippen molar-refractivity contribution in [3.63, 3.8) is 0 Å². The van der Waals surface area contributed by atoms with E-state index in [0.29, 0.717) is 94.5 Å². The van der Waals surface area contributed by atoms with E-state index in [4.69, 9.17) is 4.74 Å². The average molecular weight is 943 g/mol. The van der Waals surface area contributed by atoms with Crippen LogP contribution in [0.3, 0.4) is 0 Å². The minimum atomic E-state index is -3.17. The largest absolute Gasteiger partial charge is 0.494 e. The Hall–Kier alpha value is -6.09. The number of alkyl halides is 2. The number of pyridine rings is 1. The number of nitrogens with one attached hydrogen (secondary N) is 3. The van der Waals surface area contributed by atoms with Crippen molar-refractivity contribution in [2.24, 2.45) is 0 Å². The van der Waals surface area contributed by atoms with Crippen LogP contribution in [0.15, 0.2) is 30.5 Å². The zero-order valence-electron chi connectivity index (χ0n) is 37.6. The first-order valence-corrected chi connectivity index (χ1v) is 22.3. The summed E-state index contributed by atoms with van der Waals surface area (Å²) in [4.78, 5) is 98.3. The molecule has 4 heterocycles. The smallest absolute Gasteiger partial charge is 0.317 e. The number of ether oxygens (including phenoxy) is 1. The number of unbranched alkanes of at least 4 members (excludes halogenated alkanes) is 2. The maximum absolute atomic E-state index is 13.8. The van der Waals surface area contributed by atoms with E-state index in [9.17, 15) is 62.9 Å². The number of halogens is 2. The van der Waals surface area contributed by atoms with Crippen LogP contribution in [0, 0.1) is 11.3 Å². The number of carbonyl (C=O) groups is 7. The molecule has 3 aliphatic rings. The van der Waals surface area contributed by atoms with Gasteiger partial charge in [-0.2, -0.15) is 5.26 Å². The quantitative estimate of drug-likeness (QED) is 0.0772. The van der Waals surface area contributed by atoms with Gasteiger partial charge in [0, 0.05) is 81.8 Å². The standard InChI is InChI=1S/C44H60F2N10O11/c1-52(24-39(60)61)43(27-54(25-40(62)63)15-16-55(28-43)26-41(64)65)11-3-2-6-36(57)51-30-10-14-53(22-30)23-37(58)49-12-4-5-17-67-32-7-8-35-34(18-32)33(9-13-48-35)42(66)50-21-38(59)56-29-44(45,46)19-31(56)20-47/h7-9,13,18,30-31H,2-6,10-12,14-17,19,21-29H2,1H3,(H,49,58)(H,50,66)(H,51,57)(H,60,61)(H,62,63)(H,64,65)/t30-,31-/m0/s1. The van der Waals surface area contributed by atoms with E-state index in [2.05, 4.69) is 20.9 Å². The number of nitriles is 1. The minimum absolute atomic E-state index is 0.140. The van der Waals surface area contributed by atoms with Gasteiger partial charge in [-0.3, -0.25) is 58.1 Å². The normalized spacial score (nSPS) is 19.7. The van der Waals surface area contributed by atoms with E-state index < -0.39 is 66.7 Å². The molecule has 1 aromatic carbocycles. The van der Waals surface area contributed by atoms with Crippen molar-refractivity contribution in [3.05, 3.63) is 36.0 Å². The minimum Gasteiger partial charge on any atom is -0.494 e. The van der Waals surface area contributed by atoms with Crippen LogP contribution in [0.5, 0.6) is 5.75 Å². The predicted octanol–water partition coefficient (Wildman–Crippen LogP) is 0.292. The molecular weight excluding hydrogens is 883 g/mol. The van der Waals surface area contributed by atoms with Crippen LogP contribution >= 0.6 is 0 Å². The lowest BCUT2D eigenvalue weighted by Crippen LogP contribution is -2.59. The van der Waals surface area contributed by atoms with Gasteiger partial charge in [-0.1, -0.05) is 6.42 Å². The number of hydrogen-bond acceptors (Lipinski definition) is 14. The second-order valence-electron chi connectivity index (χ2n) is 17.5. The van der Waals surface area contributed by atoms with Crippen molar-refractivity contribution in [2.45, 2.75) is 74.9 Å². The highest BCUT2D eigenvalue weighted by Crippen LogP contribution is 2.32. The summed E-state index contributed by atoms with van der Waals surface area (Å²) in [5, 5.41) is 46.6. The van der Waals surface area contributed by atoms with E-state index in [0.717, 1.165) is 4.90 Å². The number of hydrogen-bond donors (Lipinski definition) is 6. The number of benzene rings is 1. The number of carboxylic acids is 3. The maximum atomic E-state index is 13.8. The van der Waals surface area contributed by atoms with Gasteiger partial charge in [0.1, 0.15) is 11.8 Å². The van der Waals surface area contributed by atoms with Gasteiger partial charge in [0.2, 0.25) is 17.7 Å². The topological polar surface area (TPSA) is 278 Å². The second kappa shape index (κ2) is 24.1. The van der Waals surface area contributed by atoms with Gasteiger partial charge in [-0.05, 0) is 63.4 Å². The van der Waals surface area contributed by atoms with Gasteiger partial charge < -0.3 is 40.9 Å². The molecule has 67 heavy (non-hydrogen) atoms. The Labute approximate surface area is 386 Å². The van der Waals surface area contributed by atoms with Crippen LogP contribution < -0.4 is 20.7 Å². The van der Waals surface area contributed by atoms with E-state index in [1.807, 2.05) is 4.90 Å². The lowest BCUT2D eigenvalue weighted by molar-refractivity contribution is -0.142. The molecule has 0 bridgehead atoms. The van der Waals surface area contributed by atoms with Crippen molar-refractivity contribution in [1.82, 2.24) is 45.4 Å². The summed E-state index contributed by atoms with van der Waals surface area (Å²) in [5.41, 5.74) is -0.187. The number of nitrogens with zero attached hydrogens (tertiary/aromatic N) is 7. The lowest BCUT2D eigenvalue weighted by Gasteiger charge is -2.44. The molecule has 2 aromatic rings. The summed E-state index contributed by atoms with van der Waals surface area (Å²) in [5.74, 6) is -7.60. The molecular formula is C44H60F2N10O11. The third-order valence-corrected chi connectivity index (χ3v) is 12.2. The molecule has 2 atom stereocenters. The van der Waals surface area contributed by atoms with E-state index in [1.165, 1.54) is 12.3 Å². The van der Waals surface area contributed by atoms with Crippen molar-refractivity contribution < 1.29 is 62.4 Å². The predicted molar refractivity (Wildman–Crippen MR) is 235 cm³/mol. The molecule has 0 unspecified atom stereocenters. The molecule has 21 nitrogen and oxygen atoms in total. The van der Waals surface area contributed by atoms with Gasteiger partial charge in [0.25, 0.3) is 11.8 Å². The fourth-order valence-electron chi connectivity index (χ4n) is 8.93. The Balaban J connectivity index is 0.986. The molecule has 5 rings (SSSR count). The van der Waals surface area contributed by atoms with E-state index in [1.54, 1.807) is 46.0 Å². The number of rotatable bonds is 24. The fraction of sp³-hybridized carbons (Fsp3) is 0.614. The van der Waals surface area contributed by atoms with Crippen LogP contribution in [0.25, 0.3) is 10.9 Å². The third-order valence-electron chi connectivity index (χ3n) is 12.2. The first-order valence-electron chi connectivity index (χ1n) is 22.3. The third kappa shape index (κ3) is 15.8. The summed E-state index contributed by atoms with van der Waals surface area (Å²) >= 11 is 0. The average Bonchev–Trinajstić information content (AvgIpc) is 3.79. The van der Waals surface area contributed by atoms with Crippen molar-refractivity contribution in [2.75, 3.05) is 98.7 Å². The SMILES string of the molecule is CN(CC(=O)O)C1(CCCCC(=O)N[C@H]2CCN(CC(=O)NCCCCOc3ccc4nccc(C(=O)NCC(=O)N5CC(F)(F)C[C@H]5C#N)c4c3)C2)CN(CC(=O)O)CCN(CC(=O)O)C1. The molecule has 3 aliphatic heterocycles. The Morgan fingerprint density at radius 3 is 2.27 bits per heavy atom. The monoisotopic (exact) mass is 942 g/mol. The van der Waals surface area contributed by atoms with Crippen LogP contribution in [0.1, 0.15) is 61.7 Å². The van der Waals surface area contributed by atoms with E-state index >= 15 is 0 Å². The number of aromatic nitrogens is 1. The Morgan fingerprint density at radius 2 is 1.60 bits per heavy atom. The van der Waals surface area contributed by atoms with Crippen molar-refractivity contribution in [1.29, 1.82) is 5.26 Å². The fourth-order valence-corrected chi connectivity index (χ4v) is 8.93. The van der Waals surface area contributed by atoms with Gasteiger partial charge in [-0.25, -0.2) is 8.78 Å². The van der Waals surface area contributed by atoms with Crippen LogP contribution in [0.2, 0.25) is 0 Å². The Kier molecular flexibility index (Phi) is 18.7. The molecule has 6 N–H and O–H groups in total. The number of likely N-dealkylation sites (tertiary alicyclic amines) is 2. The van der Waals surface area contributed by atoms with Crippen LogP contribution in [-0.2, 0) is 28.8 Å². The molecule has 3 saturated heterocycles. The highest BCUT2D eigenvalue weighted by atomic mass is 19.3. The number of aliphatic carboxylic acids is 3. The zero-order chi connectivity index (χ0) is 48.7. The molecule has 23 heteroatoms. The van der Waals surface area contributed by atoms with Gasteiger partial charge in [-0.15, -0.1) is 0 Å². The summed E-state index contributed by atoms with van der Waals surface area (Å²) in [6.45, 7) is 0.738. The van der Waals surface area contributed by atoms with Crippen LogP contribution in [0.4, 0.5) is 8.78 Å². The second-order valence-corrected chi connectivity index (χ2v) is 17.5. The molecule has 3 fully saturated rings. The number of likely N-dealkylation sites (N-methyl/N-ethyl adjacent to an activating group) is 1. The number of amides is 4. The number of carboxylic acid groups (broad SMARTS) is 3. The van der Waals surface area contributed by atoms with Crippen molar-refractivity contribution in [3.8, 4) is 11.8 Å². The van der Waals surface area contributed by atoms with Gasteiger partial charge >= 0.3 is 17.9 Å². The summed E-state index contributed by atoms with van der Waals surface area (Å²) in [7, 11) is 1.64. The Morgan fingerprint density at radius 1 is 0.881 bits per heavy atom. The van der Waals surface area contributed by atoms with Gasteiger partial charge in [0.15, 0.2) is 0 Å².